The minimum Gasteiger partial charge on any atom is -0.379 e. The second-order valence-corrected chi connectivity index (χ2v) is 6.25. The lowest BCUT2D eigenvalue weighted by molar-refractivity contribution is 0.0372. The first kappa shape index (κ1) is 16.6. The molecular weight excluding hydrogens is 266 g/mol. The number of carbonyl (C=O) groups excluding carboxylic acids is 1. The molecule has 0 atom stereocenters. The number of morpholine rings is 1. The zero-order valence-electron chi connectivity index (χ0n) is 13.2. The van der Waals surface area contributed by atoms with Crippen LogP contribution in [0.25, 0.3) is 0 Å². The summed E-state index contributed by atoms with van der Waals surface area (Å²) in [5.74, 6) is 0. The molecule has 0 spiro atoms. The van der Waals surface area contributed by atoms with Crippen molar-refractivity contribution in [3.8, 4) is 0 Å². The van der Waals surface area contributed by atoms with Gasteiger partial charge in [0.25, 0.3) is 0 Å². The van der Waals surface area contributed by atoms with Gasteiger partial charge in [0, 0.05) is 25.7 Å². The molecule has 2 aliphatic rings. The molecule has 0 radical (unpaired) electrons. The van der Waals surface area contributed by atoms with Gasteiger partial charge in [-0.2, -0.15) is 0 Å². The molecule has 0 unspecified atom stereocenters. The van der Waals surface area contributed by atoms with E-state index in [4.69, 9.17) is 4.74 Å². The largest absolute Gasteiger partial charge is 0.379 e. The van der Waals surface area contributed by atoms with Crippen molar-refractivity contribution in [3.63, 3.8) is 0 Å². The van der Waals surface area contributed by atoms with Crippen molar-refractivity contribution in [2.45, 2.75) is 57.4 Å². The molecule has 1 heterocycles. The molecule has 21 heavy (non-hydrogen) atoms. The molecule has 0 bridgehead atoms. The number of hydrogen-bond acceptors (Lipinski definition) is 3. The van der Waals surface area contributed by atoms with E-state index in [0.717, 1.165) is 65.1 Å². The fourth-order valence-corrected chi connectivity index (χ4v) is 3.15. The van der Waals surface area contributed by atoms with Crippen LogP contribution in [0, 0.1) is 0 Å². The summed E-state index contributed by atoms with van der Waals surface area (Å²) in [5.41, 5.74) is 0. The zero-order chi connectivity index (χ0) is 14.8. The summed E-state index contributed by atoms with van der Waals surface area (Å²) in [5, 5.41) is 6.12. The van der Waals surface area contributed by atoms with Crippen LogP contribution in [0.1, 0.15) is 51.4 Å². The number of rotatable bonds is 6. The molecule has 122 valence electrons. The van der Waals surface area contributed by atoms with Gasteiger partial charge in [-0.15, -0.1) is 0 Å². The van der Waals surface area contributed by atoms with E-state index >= 15 is 0 Å². The molecule has 2 rings (SSSR count). The smallest absolute Gasteiger partial charge is 0.315 e. The highest BCUT2D eigenvalue weighted by Crippen LogP contribution is 2.16. The van der Waals surface area contributed by atoms with Crippen molar-refractivity contribution in [1.82, 2.24) is 15.5 Å². The molecule has 2 fully saturated rings. The van der Waals surface area contributed by atoms with E-state index in [1.54, 1.807) is 0 Å². The van der Waals surface area contributed by atoms with Gasteiger partial charge in [-0.05, 0) is 32.2 Å². The van der Waals surface area contributed by atoms with E-state index in [1.807, 2.05) is 0 Å². The molecule has 0 aromatic carbocycles. The molecular formula is C16H31N3O2. The highest BCUT2D eigenvalue weighted by atomic mass is 16.5. The Labute approximate surface area is 128 Å². The van der Waals surface area contributed by atoms with Crippen molar-refractivity contribution in [2.24, 2.45) is 0 Å². The number of nitrogens with one attached hydrogen (secondary N) is 2. The molecule has 5 heteroatoms. The van der Waals surface area contributed by atoms with Crippen molar-refractivity contribution in [2.75, 3.05) is 39.4 Å². The maximum atomic E-state index is 11.8. The number of urea groups is 1. The molecule has 1 saturated heterocycles. The van der Waals surface area contributed by atoms with Crippen molar-refractivity contribution < 1.29 is 9.53 Å². The highest BCUT2D eigenvalue weighted by molar-refractivity contribution is 5.74. The van der Waals surface area contributed by atoms with Crippen LogP contribution in [0.3, 0.4) is 0 Å². The van der Waals surface area contributed by atoms with Gasteiger partial charge < -0.3 is 15.4 Å². The molecule has 5 nitrogen and oxygen atoms in total. The normalized spacial score (nSPS) is 21.7. The first-order valence-electron chi connectivity index (χ1n) is 8.69. The highest BCUT2D eigenvalue weighted by Gasteiger charge is 2.14. The summed E-state index contributed by atoms with van der Waals surface area (Å²) in [4.78, 5) is 14.3. The van der Waals surface area contributed by atoms with Crippen LogP contribution in [0.15, 0.2) is 0 Å². The average Bonchev–Trinajstić information content (AvgIpc) is 2.76. The lowest BCUT2D eigenvalue weighted by atomic mass is 10.1. The van der Waals surface area contributed by atoms with Gasteiger partial charge in [0.2, 0.25) is 0 Å². The van der Waals surface area contributed by atoms with E-state index in [0.29, 0.717) is 6.04 Å². The van der Waals surface area contributed by atoms with Crippen LogP contribution in [-0.2, 0) is 4.74 Å². The van der Waals surface area contributed by atoms with Gasteiger partial charge >= 0.3 is 6.03 Å². The third-order valence-corrected chi connectivity index (χ3v) is 4.48. The monoisotopic (exact) mass is 297 g/mol. The van der Waals surface area contributed by atoms with Gasteiger partial charge in [-0.25, -0.2) is 4.79 Å². The predicted octanol–water partition coefficient (Wildman–Crippen LogP) is 2.12. The quantitative estimate of drug-likeness (QED) is 0.583. The minimum atomic E-state index is 0.0215. The first-order valence-corrected chi connectivity index (χ1v) is 8.69. The Kier molecular flexibility index (Phi) is 7.89. The lowest BCUT2D eigenvalue weighted by Crippen LogP contribution is -2.42. The summed E-state index contributed by atoms with van der Waals surface area (Å²) in [6.07, 6.45) is 9.63. The topological polar surface area (TPSA) is 53.6 Å². The van der Waals surface area contributed by atoms with Gasteiger partial charge in [-0.3, -0.25) is 4.90 Å². The van der Waals surface area contributed by atoms with E-state index in [9.17, 15) is 4.79 Å². The molecule has 2 amide bonds. The Morgan fingerprint density at radius 1 is 1.05 bits per heavy atom. The van der Waals surface area contributed by atoms with Crippen LogP contribution in [0.4, 0.5) is 4.79 Å². The zero-order valence-corrected chi connectivity index (χ0v) is 13.2. The van der Waals surface area contributed by atoms with Gasteiger partial charge in [0.05, 0.1) is 13.2 Å². The van der Waals surface area contributed by atoms with Gasteiger partial charge in [0.1, 0.15) is 0 Å². The Balaban J connectivity index is 1.46. The van der Waals surface area contributed by atoms with Crippen LogP contribution in [0.5, 0.6) is 0 Å². The molecule has 0 aromatic rings. The van der Waals surface area contributed by atoms with Crippen molar-refractivity contribution in [3.05, 3.63) is 0 Å². The second-order valence-electron chi connectivity index (χ2n) is 6.25. The second kappa shape index (κ2) is 10.0. The van der Waals surface area contributed by atoms with Crippen LogP contribution < -0.4 is 10.6 Å². The number of nitrogens with zero attached hydrogens (tertiary/aromatic N) is 1. The summed E-state index contributed by atoms with van der Waals surface area (Å²) in [6.45, 7) is 5.73. The number of amides is 2. The Morgan fingerprint density at radius 3 is 2.48 bits per heavy atom. The molecule has 2 N–H and O–H groups in total. The van der Waals surface area contributed by atoms with E-state index in [-0.39, 0.29) is 6.03 Å². The molecule has 0 aromatic heterocycles. The number of ether oxygens (including phenoxy) is 1. The molecule has 1 aliphatic carbocycles. The van der Waals surface area contributed by atoms with Crippen molar-refractivity contribution in [1.29, 1.82) is 0 Å². The SMILES string of the molecule is O=C(NCCCCN1CCOCC1)NC1CCCCCC1. The number of carbonyl (C=O) groups is 1. The number of hydrogen-bond donors (Lipinski definition) is 2. The van der Waals surface area contributed by atoms with Crippen LogP contribution in [0.2, 0.25) is 0 Å². The van der Waals surface area contributed by atoms with E-state index < -0.39 is 0 Å². The standard InChI is InChI=1S/C16H31N3O2/c20-16(18-15-7-3-1-2-4-8-15)17-9-5-6-10-19-11-13-21-14-12-19/h15H,1-14H2,(H2,17,18,20). The van der Waals surface area contributed by atoms with Gasteiger partial charge in [-0.1, -0.05) is 25.7 Å². The fourth-order valence-electron chi connectivity index (χ4n) is 3.15. The Bertz CT molecular complexity index is 285. The molecule has 1 saturated carbocycles. The van der Waals surface area contributed by atoms with Crippen molar-refractivity contribution >= 4 is 6.03 Å². The van der Waals surface area contributed by atoms with Crippen LogP contribution in [-0.4, -0.2) is 56.4 Å². The van der Waals surface area contributed by atoms with Crippen LogP contribution >= 0.6 is 0 Å². The van der Waals surface area contributed by atoms with E-state index in [1.165, 1.54) is 25.7 Å². The Hall–Kier alpha value is -0.810. The third-order valence-electron chi connectivity index (χ3n) is 4.48. The van der Waals surface area contributed by atoms with Gasteiger partial charge in [0.15, 0.2) is 0 Å². The average molecular weight is 297 g/mol. The summed E-state index contributed by atoms with van der Waals surface area (Å²) in [7, 11) is 0. The summed E-state index contributed by atoms with van der Waals surface area (Å²) < 4.78 is 5.33. The number of unbranched alkanes of at least 4 members (excludes halogenated alkanes) is 1. The van der Waals surface area contributed by atoms with E-state index in [2.05, 4.69) is 15.5 Å². The lowest BCUT2D eigenvalue weighted by Gasteiger charge is -2.26. The molecule has 1 aliphatic heterocycles. The first-order chi connectivity index (χ1) is 10.3. The maximum absolute atomic E-state index is 11.8. The summed E-state index contributed by atoms with van der Waals surface area (Å²) >= 11 is 0. The minimum absolute atomic E-state index is 0.0215. The Morgan fingerprint density at radius 2 is 1.76 bits per heavy atom. The summed E-state index contributed by atoms with van der Waals surface area (Å²) in [6, 6.07) is 0.411. The predicted molar refractivity (Wildman–Crippen MR) is 84.5 cm³/mol. The third kappa shape index (κ3) is 7.14. The maximum Gasteiger partial charge on any atom is 0.315 e. The fraction of sp³-hybridized carbons (Fsp3) is 0.938.